The average Bonchev–Trinajstić information content (AvgIpc) is 3.18. The van der Waals surface area contributed by atoms with Gasteiger partial charge < -0.3 is 19.5 Å². The third-order valence-electron chi connectivity index (χ3n) is 4.00. The van der Waals surface area contributed by atoms with E-state index in [0.717, 1.165) is 23.8 Å². The van der Waals surface area contributed by atoms with Gasteiger partial charge in [-0.1, -0.05) is 6.07 Å². The maximum atomic E-state index is 13.9. The molecule has 0 radical (unpaired) electrons. The zero-order chi connectivity index (χ0) is 21.0. The fourth-order valence-corrected chi connectivity index (χ4v) is 3.21. The Kier molecular flexibility index (Phi) is 5.99. The number of rotatable bonds is 7. The molecule has 9 nitrogen and oxygen atoms in total. The van der Waals surface area contributed by atoms with E-state index in [2.05, 4.69) is 10.0 Å². The van der Waals surface area contributed by atoms with Gasteiger partial charge in [0.2, 0.25) is 16.8 Å². The SMILES string of the molecule is CNS(=O)(=O)c1ccc(F)c(C(=O)OCC(=O)NCc2ccc3c(c2)OCO3)c1. The summed E-state index contributed by atoms with van der Waals surface area (Å²) < 4.78 is 54.7. The normalized spacial score (nSPS) is 12.5. The summed E-state index contributed by atoms with van der Waals surface area (Å²) in [5.41, 5.74) is 0.148. The van der Waals surface area contributed by atoms with E-state index >= 15 is 0 Å². The number of carbonyl (C=O) groups is 2. The van der Waals surface area contributed by atoms with Crippen LogP contribution in [-0.2, 0) is 26.1 Å². The molecule has 1 aliphatic rings. The molecule has 1 amide bonds. The minimum Gasteiger partial charge on any atom is -0.454 e. The second-order valence-corrected chi connectivity index (χ2v) is 7.78. The first-order chi connectivity index (χ1) is 13.8. The van der Waals surface area contributed by atoms with Crippen molar-refractivity contribution in [2.24, 2.45) is 0 Å². The van der Waals surface area contributed by atoms with Crippen LogP contribution in [0.5, 0.6) is 11.5 Å². The molecule has 0 aromatic heterocycles. The lowest BCUT2D eigenvalue weighted by atomic mass is 10.2. The van der Waals surface area contributed by atoms with Crippen LogP contribution in [-0.4, -0.2) is 40.7 Å². The number of carbonyl (C=O) groups excluding carboxylic acids is 2. The second-order valence-electron chi connectivity index (χ2n) is 5.89. The van der Waals surface area contributed by atoms with Crippen LogP contribution in [0.25, 0.3) is 0 Å². The molecule has 0 saturated heterocycles. The second kappa shape index (κ2) is 8.45. The van der Waals surface area contributed by atoms with Crippen LogP contribution in [0.4, 0.5) is 4.39 Å². The van der Waals surface area contributed by atoms with Gasteiger partial charge in [-0.05, 0) is 42.9 Å². The van der Waals surface area contributed by atoms with Gasteiger partial charge in [0.1, 0.15) is 5.82 Å². The molecule has 11 heteroatoms. The quantitative estimate of drug-likeness (QED) is 0.635. The van der Waals surface area contributed by atoms with Gasteiger partial charge in [-0.25, -0.2) is 22.3 Å². The number of esters is 1. The van der Waals surface area contributed by atoms with Crippen molar-refractivity contribution in [1.82, 2.24) is 10.0 Å². The Hall–Kier alpha value is -3.18. The lowest BCUT2D eigenvalue weighted by molar-refractivity contribution is -0.124. The molecule has 3 rings (SSSR count). The number of hydrogen-bond donors (Lipinski definition) is 2. The summed E-state index contributed by atoms with van der Waals surface area (Å²) >= 11 is 0. The summed E-state index contributed by atoms with van der Waals surface area (Å²) in [6.45, 7) is -0.377. The Morgan fingerprint density at radius 2 is 1.90 bits per heavy atom. The highest BCUT2D eigenvalue weighted by molar-refractivity contribution is 7.89. The molecule has 0 fully saturated rings. The van der Waals surface area contributed by atoms with Gasteiger partial charge in [0, 0.05) is 6.54 Å². The van der Waals surface area contributed by atoms with E-state index in [9.17, 15) is 22.4 Å². The molecule has 0 bridgehead atoms. The molecule has 0 spiro atoms. The number of hydrogen-bond acceptors (Lipinski definition) is 7. The predicted molar refractivity (Wildman–Crippen MR) is 97.3 cm³/mol. The van der Waals surface area contributed by atoms with Crippen LogP contribution < -0.4 is 19.5 Å². The minimum atomic E-state index is -3.87. The summed E-state index contributed by atoms with van der Waals surface area (Å²) in [5.74, 6) is -1.57. The largest absolute Gasteiger partial charge is 0.454 e. The number of amides is 1. The fraction of sp³-hybridized carbons (Fsp3) is 0.222. The highest BCUT2D eigenvalue weighted by atomic mass is 32.2. The number of fused-ring (bicyclic) bond motifs is 1. The van der Waals surface area contributed by atoms with E-state index in [1.54, 1.807) is 18.2 Å². The average molecular weight is 424 g/mol. The molecule has 0 unspecified atom stereocenters. The van der Waals surface area contributed by atoms with Gasteiger partial charge in [-0.15, -0.1) is 0 Å². The Bertz CT molecular complexity index is 1060. The standard InChI is InChI=1S/C18H17FN2O7S/c1-20-29(24,25)12-3-4-14(19)13(7-12)18(23)26-9-17(22)21-8-11-2-5-15-16(6-11)28-10-27-15/h2-7,20H,8-10H2,1H3,(H,21,22). The monoisotopic (exact) mass is 424 g/mol. The Morgan fingerprint density at radius 1 is 1.14 bits per heavy atom. The third-order valence-corrected chi connectivity index (χ3v) is 5.41. The van der Waals surface area contributed by atoms with Gasteiger partial charge in [0.15, 0.2) is 18.1 Å². The third kappa shape index (κ3) is 4.81. The fourth-order valence-electron chi connectivity index (χ4n) is 2.46. The summed E-state index contributed by atoms with van der Waals surface area (Å²) in [6, 6.07) is 7.84. The Morgan fingerprint density at radius 3 is 2.66 bits per heavy atom. The summed E-state index contributed by atoms with van der Waals surface area (Å²) in [5, 5.41) is 2.54. The van der Waals surface area contributed by atoms with Crippen molar-refractivity contribution < 1.29 is 36.6 Å². The summed E-state index contributed by atoms with van der Waals surface area (Å²) in [4.78, 5) is 23.6. The number of benzene rings is 2. The zero-order valence-corrected chi connectivity index (χ0v) is 16.0. The van der Waals surface area contributed by atoms with E-state index in [-0.39, 0.29) is 18.2 Å². The van der Waals surface area contributed by atoms with Gasteiger partial charge in [0.25, 0.3) is 5.91 Å². The number of ether oxygens (including phenoxy) is 3. The van der Waals surface area contributed by atoms with Crippen LogP contribution in [0, 0.1) is 5.82 Å². The molecule has 1 aliphatic heterocycles. The first kappa shape index (κ1) is 20.6. The van der Waals surface area contributed by atoms with Gasteiger partial charge in [-0.3, -0.25) is 4.79 Å². The van der Waals surface area contributed by atoms with Gasteiger partial charge >= 0.3 is 5.97 Å². The summed E-state index contributed by atoms with van der Waals surface area (Å²) in [6.07, 6.45) is 0. The predicted octanol–water partition coefficient (Wildman–Crippen LogP) is 0.936. The zero-order valence-electron chi connectivity index (χ0n) is 15.2. The van der Waals surface area contributed by atoms with Crippen molar-refractivity contribution in [2.45, 2.75) is 11.4 Å². The molecule has 1 heterocycles. The summed E-state index contributed by atoms with van der Waals surface area (Å²) in [7, 11) is -2.69. The van der Waals surface area contributed by atoms with E-state index in [1.165, 1.54) is 7.05 Å². The van der Waals surface area contributed by atoms with Crippen molar-refractivity contribution >= 4 is 21.9 Å². The van der Waals surface area contributed by atoms with Crippen LogP contribution in [0.15, 0.2) is 41.3 Å². The van der Waals surface area contributed by atoms with Crippen molar-refractivity contribution in [2.75, 3.05) is 20.4 Å². The maximum absolute atomic E-state index is 13.9. The van der Waals surface area contributed by atoms with E-state index in [0.29, 0.717) is 11.5 Å². The maximum Gasteiger partial charge on any atom is 0.341 e. The minimum absolute atomic E-state index is 0.133. The first-order valence-electron chi connectivity index (χ1n) is 8.35. The van der Waals surface area contributed by atoms with E-state index in [1.807, 2.05) is 0 Å². The van der Waals surface area contributed by atoms with Gasteiger partial charge in [0.05, 0.1) is 10.5 Å². The topological polar surface area (TPSA) is 120 Å². The van der Waals surface area contributed by atoms with E-state index in [4.69, 9.17) is 14.2 Å². The Balaban J connectivity index is 1.56. The molecule has 29 heavy (non-hydrogen) atoms. The van der Waals surface area contributed by atoms with Crippen molar-refractivity contribution in [1.29, 1.82) is 0 Å². The molecule has 154 valence electrons. The highest BCUT2D eigenvalue weighted by Gasteiger charge is 2.20. The lowest BCUT2D eigenvalue weighted by Crippen LogP contribution is -2.28. The van der Waals surface area contributed by atoms with Crippen molar-refractivity contribution in [3.05, 3.63) is 53.3 Å². The molecular weight excluding hydrogens is 407 g/mol. The molecular formula is C18H17FN2O7S. The van der Waals surface area contributed by atoms with Crippen LogP contribution in [0.1, 0.15) is 15.9 Å². The highest BCUT2D eigenvalue weighted by Crippen LogP contribution is 2.32. The van der Waals surface area contributed by atoms with Crippen molar-refractivity contribution in [3.8, 4) is 11.5 Å². The molecule has 2 N–H and O–H groups in total. The number of halogens is 1. The van der Waals surface area contributed by atoms with Crippen LogP contribution >= 0.6 is 0 Å². The number of sulfonamides is 1. The molecule has 2 aromatic rings. The van der Waals surface area contributed by atoms with Gasteiger partial charge in [-0.2, -0.15) is 0 Å². The van der Waals surface area contributed by atoms with E-state index < -0.39 is 39.9 Å². The first-order valence-corrected chi connectivity index (χ1v) is 9.84. The van der Waals surface area contributed by atoms with Crippen LogP contribution in [0.3, 0.4) is 0 Å². The molecule has 2 aromatic carbocycles. The number of nitrogens with one attached hydrogen (secondary N) is 2. The lowest BCUT2D eigenvalue weighted by Gasteiger charge is -2.09. The molecule has 0 atom stereocenters. The smallest absolute Gasteiger partial charge is 0.341 e. The molecule has 0 saturated carbocycles. The van der Waals surface area contributed by atoms with Crippen molar-refractivity contribution in [3.63, 3.8) is 0 Å². The van der Waals surface area contributed by atoms with Crippen LogP contribution in [0.2, 0.25) is 0 Å². The molecule has 0 aliphatic carbocycles. The Labute approximate surface area is 165 Å².